The van der Waals surface area contributed by atoms with Crippen LogP contribution in [0.3, 0.4) is 0 Å². The van der Waals surface area contributed by atoms with Crippen LogP contribution in [0.1, 0.15) is 11.5 Å². The van der Waals surface area contributed by atoms with Crippen LogP contribution in [0, 0.1) is 17.0 Å². The number of aromatic amines is 1. The third kappa shape index (κ3) is 1.97. The normalized spacial score (nSPS) is 11.3. The Bertz CT molecular complexity index is 912. The summed E-state index contributed by atoms with van der Waals surface area (Å²) in [4.78, 5) is 28.8. The zero-order valence-corrected chi connectivity index (χ0v) is 11.9. The van der Waals surface area contributed by atoms with Crippen molar-refractivity contribution >= 4 is 37.9 Å². The molecule has 0 unspecified atom stereocenters. The average Bonchev–Trinajstić information content (AvgIpc) is 2.74. The number of oxazole rings is 1. The van der Waals surface area contributed by atoms with Crippen molar-refractivity contribution in [1.82, 2.24) is 9.97 Å². The van der Waals surface area contributed by atoms with Crippen LogP contribution in [0.5, 0.6) is 0 Å². The molecule has 102 valence electrons. The SMILES string of the molecule is Cc1nc2c(=O)[nH]c3cc(C[N+](=O)[O-])c(Br)cc3c2o1. The Morgan fingerprint density at radius 3 is 2.95 bits per heavy atom. The van der Waals surface area contributed by atoms with Gasteiger partial charge in [0.15, 0.2) is 17.0 Å². The number of H-pyrrole nitrogens is 1. The van der Waals surface area contributed by atoms with E-state index in [9.17, 15) is 14.9 Å². The smallest absolute Gasteiger partial charge is 0.278 e. The van der Waals surface area contributed by atoms with Crippen LogP contribution in [-0.2, 0) is 6.54 Å². The van der Waals surface area contributed by atoms with Gasteiger partial charge in [-0.05, 0) is 12.1 Å². The Labute approximate surface area is 119 Å². The number of nitrogens with one attached hydrogen (secondary N) is 1. The quantitative estimate of drug-likeness (QED) is 0.571. The first-order valence-electron chi connectivity index (χ1n) is 5.69. The van der Waals surface area contributed by atoms with Crippen molar-refractivity contribution in [2.24, 2.45) is 0 Å². The number of nitro groups is 1. The van der Waals surface area contributed by atoms with Gasteiger partial charge in [-0.15, -0.1) is 0 Å². The molecule has 0 radical (unpaired) electrons. The molecule has 0 aliphatic rings. The molecule has 0 saturated carbocycles. The van der Waals surface area contributed by atoms with Crippen LogP contribution in [0.25, 0.3) is 22.0 Å². The predicted octanol–water partition coefficient (Wildman–Crippen LogP) is 2.52. The number of aryl methyl sites for hydroxylation is 1. The summed E-state index contributed by atoms with van der Waals surface area (Å²) in [6.45, 7) is 1.33. The van der Waals surface area contributed by atoms with Gasteiger partial charge in [0.05, 0.1) is 5.52 Å². The number of rotatable bonds is 2. The molecule has 8 heteroatoms. The van der Waals surface area contributed by atoms with Crippen LogP contribution in [0.2, 0.25) is 0 Å². The summed E-state index contributed by atoms with van der Waals surface area (Å²) in [6.07, 6.45) is 0. The first kappa shape index (κ1) is 12.8. The molecule has 0 saturated heterocycles. The number of hydrogen-bond acceptors (Lipinski definition) is 5. The van der Waals surface area contributed by atoms with E-state index >= 15 is 0 Å². The molecule has 0 aliphatic heterocycles. The number of hydrogen-bond donors (Lipinski definition) is 1. The standard InChI is InChI=1S/C12H8BrN3O4/c1-5-14-10-11(20-5)7-3-8(13)6(4-16(18)19)2-9(7)15-12(10)17/h2-3H,4H2,1H3,(H,15,17). The van der Waals surface area contributed by atoms with Gasteiger partial charge in [0, 0.05) is 27.3 Å². The summed E-state index contributed by atoms with van der Waals surface area (Å²) in [7, 11) is 0. The van der Waals surface area contributed by atoms with Gasteiger partial charge in [-0.1, -0.05) is 15.9 Å². The van der Waals surface area contributed by atoms with Gasteiger partial charge in [-0.25, -0.2) is 4.98 Å². The molecule has 0 bridgehead atoms. The first-order chi connectivity index (χ1) is 9.45. The Hall–Kier alpha value is -2.22. The summed E-state index contributed by atoms with van der Waals surface area (Å²) >= 11 is 3.30. The van der Waals surface area contributed by atoms with Gasteiger partial charge in [0.25, 0.3) is 5.56 Å². The molecule has 0 spiro atoms. The highest BCUT2D eigenvalue weighted by Crippen LogP contribution is 2.28. The molecule has 2 aromatic heterocycles. The van der Waals surface area contributed by atoms with Crippen molar-refractivity contribution < 1.29 is 9.34 Å². The Morgan fingerprint density at radius 2 is 2.25 bits per heavy atom. The van der Waals surface area contributed by atoms with Gasteiger partial charge in [-0.3, -0.25) is 14.9 Å². The van der Waals surface area contributed by atoms with E-state index in [4.69, 9.17) is 4.42 Å². The summed E-state index contributed by atoms with van der Waals surface area (Å²) < 4.78 is 6.04. The zero-order valence-electron chi connectivity index (χ0n) is 10.3. The average molecular weight is 338 g/mol. The highest BCUT2D eigenvalue weighted by Gasteiger charge is 2.15. The maximum atomic E-state index is 11.9. The minimum absolute atomic E-state index is 0.226. The maximum absolute atomic E-state index is 11.9. The largest absolute Gasteiger partial charge is 0.440 e. The molecule has 0 atom stereocenters. The topological polar surface area (TPSA) is 102 Å². The van der Waals surface area contributed by atoms with Crippen molar-refractivity contribution in [3.05, 3.63) is 48.5 Å². The number of pyridine rings is 1. The lowest BCUT2D eigenvalue weighted by atomic mass is 10.1. The number of nitrogens with zero attached hydrogens (tertiary/aromatic N) is 2. The van der Waals surface area contributed by atoms with Crippen molar-refractivity contribution in [2.75, 3.05) is 0 Å². The van der Waals surface area contributed by atoms with Crippen LogP contribution >= 0.6 is 15.9 Å². The lowest BCUT2D eigenvalue weighted by Crippen LogP contribution is -2.07. The Morgan fingerprint density at radius 1 is 1.50 bits per heavy atom. The van der Waals surface area contributed by atoms with Crippen molar-refractivity contribution in [2.45, 2.75) is 13.5 Å². The molecular weight excluding hydrogens is 330 g/mol. The molecule has 7 nitrogen and oxygen atoms in total. The van der Waals surface area contributed by atoms with Gasteiger partial charge < -0.3 is 9.40 Å². The third-order valence-corrected chi connectivity index (χ3v) is 3.67. The molecule has 1 N–H and O–H groups in total. The molecule has 0 fully saturated rings. The second-order valence-corrected chi connectivity index (χ2v) is 5.20. The van der Waals surface area contributed by atoms with Gasteiger partial charge in [0.1, 0.15) is 0 Å². The summed E-state index contributed by atoms with van der Waals surface area (Å²) in [5.74, 6) is 0.392. The molecule has 0 amide bonds. The van der Waals surface area contributed by atoms with Crippen molar-refractivity contribution in [1.29, 1.82) is 0 Å². The van der Waals surface area contributed by atoms with Crippen LogP contribution < -0.4 is 5.56 Å². The molecule has 1 aromatic carbocycles. The molecule has 2 heterocycles. The van der Waals surface area contributed by atoms with E-state index in [0.717, 1.165) is 0 Å². The molecule has 3 aromatic rings. The van der Waals surface area contributed by atoms with Gasteiger partial charge in [0.2, 0.25) is 6.54 Å². The summed E-state index contributed by atoms with van der Waals surface area (Å²) in [5, 5.41) is 11.3. The second kappa shape index (κ2) is 4.41. The third-order valence-electron chi connectivity index (χ3n) is 2.93. The molecule has 3 rings (SSSR count). The fraction of sp³-hybridized carbons (Fsp3) is 0.167. The Kier molecular flexibility index (Phi) is 2.82. The monoisotopic (exact) mass is 337 g/mol. The highest BCUT2D eigenvalue weighted by molar-refractivity contribution is 9.10. The molecule has 0 aliphatic carbocycles. The van der Waals surface area contributed by atoms with Crippen molar-refractivity contribution in [3.8, 4) is 0 Å². The lowest BCUT2D eigenvalue weighted by Gasteiger charge is -2.03. The van der Waals surface area contributed by atoms with E-state index in [1.54, 1.807) is 19.1 Å². The van der Waals surface area contributed by atoms with E-state index in [-0.39, 0.29) is 17.6 Å². The van der Waals surface area contributed by atoms with E-state index in [0.29, 0.717) is 32.4 Å². The molecular formula is C12H8BrN3O4. The summed E-state index contributed by atoms with van der Waals surface area (Å²) in [5.41, 5.74) is 1.20. The maximum Gasteiger partial charge on any atom is 0.278 e. The zero-order chi connectivity index (χ0) is 14.4. The fourth-order valence-electron chi connectivity index (χ4n) is 2.11. The predicted molar refractivity (Wildman–Crippen MR) is 75.3 cm³/mol. The van der Waals surface area contributed by atoms with Crippen LogP contribution in [0.15, 0.2) is 25.8 Å². The number of halogens is 1. The van der Waals surface area contributed by atoms with Crippen LogP contribution in [-0.4, -0.2) is 14.9 Å². The van der Waals surface area contributed by atoms with Crippen molar-refractivity contribution in [3.63, 3.8) is 0 Å². The number of aromatic nitrogens is 2. The van der Waals surface area contributed by atoms with E-state index in [1.165, 1.54) is 0 Å². The minimum atomic E-state index is -0.429. The van der Waals surface area contributed by atoms with E-state index < -0.39 is 4.92 Å². The number of benzene rings is 1. The fourth-order valence-corrected chi connectivity index (χ4v) is 2.58. The number of fused-ring (bicyclic) bond motifs is 3. The molecule has 20 heavy (non-hydrogen) atoms. The Balaban J connectivity index is 2.39. The van der Waals surface area contributed by atoms with Crippen LogP contribution in [0.4, 0.5) is 0 Å². The van der Waals surface area contributed by atoms with E-state index in [2.05, 4.69) is 25.9 Å². The minimum Gasteiger partial charge on any atom is -0.440 e. The summed E-state index contributed by atoms with van der Waals surface area (Å²) in [6, 6.07) is 3.26. The van der Waals surface area contributed by atoms with Gasteiger partial charge >= 0.3 is 0 Å². The lowest BCUT2D eigenvalue weighted by molar-refractivity contribution is -0.496. The second-order valence-electron chi connectivity index (χ2n) is 4.34. The van der Waals surface area contributed by atoms with E-state index in [1.807, 2.05) is 0 Å². The first-order valence-corrected chi connectivity index (χ1v) is 6.48. The van der Waals surface area contributed by atoms with Gasteiger partial charge in [-0.2, -0.15) is 0 Å². The highest BCUT2D eigenvalue weighted by atomic mass is 79.9.